The van der Waals surface area contributed by atoms with Crippen LogP contribution in [-0.2, 0) is 6.42 Å². The van der Waals surface area contributed by atoms with Crippen LogP contribution in [0.3, 0.4) is 0 Å². The highest BCUT2D eigenvalue weighted by atomic mass is 14.9. The van der Waals surface area contributed by atoms with Crippen LogP contribution in [0.5, 0.6) is 0 Å². The third-order valence-corrected chi connectivity index (χ3v) is 2.36. The first-order valence-corrected chi connectivity index (χ1v) is 5.10. The van der Waals surface area contributed by atoms with Gasteiger partial charge in [-0.1, -0.05) is 37.3 Å². The summed E-state index contributed by atoms with van der Waals surface area (Å²) in [4.78, 5) is 0. The Morgan fingerprint density at radius 3 is 2.54 bits per heavy atom. The Balaban J connectivity index is 2.20. The average molecular weight is 177 g/mol. The van der Waals surface area contributed by atoms with Crippen molar-refractivity contribution in [1.82, 2.24) is 5.32 Å². The summed E-state index contributed by atoms with van der Waals surface area (Å²) in [6, 6.07) is 11.3. The fourth-order valence-corrected chi connectivity index (χ4v) is 1.25. The fraction of sp³-hybridized carbons (Fsp3) is 0.500. The van der Waals surface area contributed by atoms with E-state index >= 15 is 0 Å². The second kappa shape index (κ2) is 5.76. The second-order valence-electron chi connectivity index (χ2n) is 3.50. The Morgan fingerprint density at radius 2 is 1.92 bits per heavy atom. The molecule has 0 amide bonds. The molecule has 0 aliphatic carbocycles. The van der Waals surface area contributed by atoms with Gasteiger partial charge in [0.15, 0.2) is 0 Å². The molecule has 0 radical (unpaired) electrons. The van der Waals surface area contributed by atoms with Crippen molar-refractivity contribution in [2.24, 2.45) is 0 Å². The van der Waals surface area contributed by atoms with Crippen LogP contribution in [0.4, 0.5) is 0 Å². The zero-order chi connectivity index (χ0) is 9.52. The Kier molecular flexibility index (Phi) is 4.55. The molecule has 0 heterocycles. The maximum Gasteiger partial charge on any atom is 0.00362 e. The van der Waals surface area contributed by atoms with Crippen LogP contribution in [0.15, 0.2) is 30.3 Å². The second-order valence-corrected chi connectivity index (χ2v) is 3.50. The van der Waals surface area contributed by atoms with E-state index in [1.54, 1.807) is 0 Å². The van der Waals surface area contributed by atoms with Crippen LogP contribution in [0.1, 0.15) is 25.8 Å². The lowest BCUT2D eigenvalue weighted by molar-refractivity contribution is 0.537. The van der Waals surface area contributed by atoms with Crippen LogP contribution >= 0.6 is 0 Å². The van der Waals surface area contributed by atoms with E-state index in [0.29, 0.717) is 6.04 Å². The summed E-state index contributed by atoms with van der Waals surface area (Å²) < 4.78 is 0. The minimum absolute atomic E-state index is 0.642. The Bertz CT molecular complexity index is 218. The van der Waals surface area contributed by atoms with Crippen molar-refractivity contribution in [2.75, 3.05) is 6.54 Å². The maximum atomic E-state index is 3.48. The first kappa shape index (κ1) is 10.3. The third-order valence-electron chi connectivity index (χ3n) is 2.36. The average Bonchev–Trinajstić information content (AvgIpc) is 2.19. The first-order chi connectivity index (χ1) is 6.33. The molecule has 1 unspecified atom stereocenters. The molecule has 1 aromatic rings. The molecule has 1 heteroatoms. The van der Waals surface area contributed by atoms with Gasteiger partial charge in [0, 0.05) is 6.04 Å². The van der Waals surface area contributed by atoms with Gasteiger partial charge >= 0.3 is 0 Å². The Morgan fingerprint density at radius 1 is 1.23 bits per heavy atom. The molecule has 72 valence electrons. The number of rotatable bonds is 5. The highest BCUT2D eigenvalue weighted by Gasteiger charge is 1.96. The SMILES string of the molecule is CCC(C)NCCc1ccccc1. The lowest BCUT2D eigenvalue weighted by Crippen LogP contribution is -2.27. The molecule has 0 saturated heterocycles. The molecule has 1 N–H and O–H groups in total. The van der Waals surface area contributed by atoms with Gasteiger partial charge in [0.25, 0.3) is 0 Å². The van der Waals surface area contributed by atoms with Gasteiger partial charge in [-0.3, -0.25) is 0 Å². The van der Waals surface area contributed by atoms with E-state index in [-0.39, 0.29) is 0 Å². The number of hydrogen-bond acceptors (Lipinski definition) is 1. The molecule has 0 spiro atoms. The number of benzene rings is 1. The molecule has 1 rings (SSSR count). The summed E-state index contributed by atoms with van der Waals surface area (Å²) in [5.74, 6) is 0. The van der Waals surface area contributed by atoms with Gasteiger partial charge in [0.1, 0.15) is 0 Å². The van der Waals surface area contributed by atoms with Crippen molar-refractivity contribution in [3.63, 3.8) is 0 Å². The maximum absolute atomic E-state index is 3.48. The van der Waals surface area contributed by atoms with Crippen molar-refractivity contribution < 1.29 is 0 Å². The highest BCUT2D eigenvalue weighted by Crippen LogP contribution is 1.98. The third kappa shape index (κ3) is 4.09. The Labute approximate surface area is 81.2 Å². The number of nitrogens with one attached hydrogen (secondary N) is 1. The molecular weight excluding hydrogens is 158 g/mol. The van der Waals surface area contributed by atoms with Gasteiger partial charge in [-0.15, -0.1) is 0 Å². The quantitative estimate of drug-likeness (QED) is 0.729. The predicted molar refractivity (Wildman–Crippen MR) is 57.9 cm³/mol. The molecule has 0 saturated carbocycles. The summed E-state index contributed by atoms with van der Waals surface area (Å²) in [6.07, 6.45) is 2.33. The molecule has 13 heavy (non-hydrogen) atoms. The molecule has 1 atom stereocenters. The van der Waals surface area contributed by atoms with Crippen LogP contribution in [0, 0.1) is 0 Å². The minimum atomic E-state index is 0.642. The van der Waals surface area contributed by atoms with E-state index in [1.165, 1.54) is 12.0 Å². The van der Waals surface area contributed by atoms with Crippen molar-refractivity contribution in [2.45, 2.75) is 32.7 Å². The van der Waals surface area contributed by atoms with Crippen molar-refractivity contribution in [1.29, 1.82) is 0 Å². The van der Waals surface area contributed by atoms with Gasteiger partial charge in [-0.2, -0.15) is 0 Å². The molecule has 0 aliphatic rings. The molecule has 0 bridgehead atoms. The van der Waals surface area contributed by atoms with Gasteiger partial charge in [0.2, 0.25) is 0 Å². The Hall–Kier alpha value is -0.820. The summed E-state index contributed by atoms with van der Waals surface area (Å²) >= 11 is 0. The largest absolute Gasteiger partial charge is 0.314 e. The van der Waals surface area contributed by atoms with Gasteiger partial charge in [-0.25, -0.2) is 0 Å². The lowest BCUT2D eigenvalue weighted by Gasteiger charge is -2.10. The zero-order valence-corrected chi connectivity index (χ0v) is 8.59. The van der Waals surface area contributed by atoms with Gasteiger partial charge < -0.3 is 5.32 Å². The number of hydrogen-bond donors (Lipinski definition) is 1. The van der Waals surface area contributed by atoms with Crippen LogP contribution in [0.2, 0.25) is 0 Å². The highest BCUT2D eigenvalue weighted by molar-refractivity contribution is 5.14. The molecule has 0 aliphatic heterocycles. The van der Waals surface area contributed by atoms with E-state index in [9.17, 15) is 0 Å². The summed E-state index contributed by atoms with van der Waals surface area (Å²) in [7, 11) is 0. The van der Waals surface area contributed by atoms with E-state index in [2.05, 4.69) is 49.5 Å². The van der Waals surface area contributed by atoms with Crippen molar-refractivity contribution in [3.05, 3.63) is 35.9 Å². The van der Waals surface area contributed by atoms with E-state index < -0.39 is 0 Å². The summed E-state index contributed by atoms with van der Waals surface area (Å²) in [6.45, 7) is 5.52. The zero-order valence-electron chi connectivity index (χ0n) is 8.59. The van der Waals surface area contributed by atoms with Crippen molar-refractivity contribution in [3.8, 4) is 0 Å². The predicted octanol–water partition coefficient (Wildman–Crippen LogP) is 2.62. The minimum Gasteiger partial charge on any atom is -0.314 e. The topological polar surface area (TPSA) is 12.0 Å². The molecular formula is C12H19N. The van der Waals surface area contributed by atoms with Gasteiger partial charge in [-0.05, 0) is 31.9 Å². The van der Waals surface area contributed by atoms with Gasteiger partial charge in [0.05, 0.1) is 0 Å². The smallest absolute Gasteiger partial charge is 0.00362 e. The fourth-order valence-electron chi connectivity index (χ4n) is 1.25. The monoisotopic (exact) mass is 177 g/mol. The summed E-state index contributed by atoms with van der Waals surface area (Å²) in [5, 5.41) is 3.48. The van der Waals surface area contributed by atoms with E-state index in [0.717, 1.165) is 13.0 Å². The van der Waals surface area contributed by atoms with Crippen LogP contribution in [-0.4, -0.2) is 12.6 Å². The van der Waals surface area contributed by atoms with Crippen LogP contribution < -0.4 is 5.32 Å². The van der Waals surface area contributed by atoms with Crippen molar-refractivity contribution >= 4 is 0 Å². The summed E-state index contributed by atoms with van der Waals surface area (Å²) in [5.41, 5.74) is 1.42. The molecule has 0 fully saturated rings. The van der Waals surface area contributed by atoms with E-state index in [1.807, 2.05) is 0 Å². The molecule has 1 aromatic carbocycles. The molecule has 0 aromatic heterocycles. The van der Waals surface area contributed by atoms with Crippen LogP contribution in [0.25, 0.3) is 0 Å². The lowest BCUT2D eigenvalue weighted by atomic mass is 10.1. The van der Waals surface area contributed by atoms with E-state index in [4.69, 9.17) is 0 Å². The standard InChI is InChI=1S/C12H19N/c1-3-11(2)13-10-9-12-7-5-4-6-8-12/h4-8,11,13H,3,9-10H2,1-2H3. The first-order valence-electron chi connectivity index (χ1n) is 5.10. The molecule has 1 nitrogen and oxygen atoms in total. The normalized spacial score (nSPS) is 12.8.